The Labute approximate surface area is 157 Å². The summed E-state index contributed by atoms with van der Waals surface area (Å²) in [6.07, 6.45) is -0.424. The van der Waals surface area contributed by atoms with Gasteiger partial charge in [-0.2, -0.15) is 5.26 Å². The molecular weight excluding hydrogens is 361 g/mol. The summed E-state index contributed by atoms with van der Waals surface area (Å²) in [5, 5.41) is 9.10. The third kappa shape index (κ3) is 4.44. The highest BCUT2D eigenvalue weighted by atomic mass is 35.5. The molecule has 2 amide bonds. The molecule has 0 bridgehead atoms. The average molecular weight is 382 g/mol. The number of carbonyl (C=O) groups excluding carboxylic acids is 2. The second-order valence-electron chi connectivity index (χ2n) is 7.21. The minimum Gasteiger partial charge on any atom is -0.444 e. The molecule has 0 N–H and O–H groups in total. The van der Waals surface area contributed by atoms with Crippen LogP contribution in [0.15, 0.2) is 18.2 Å². The molecule has 8 heteroatoms. The Morgan fingerprint density at radius 1 is 1.42 bits per heavy atom. The fraction of sp³-hybridized carbons (Fsp3) is 0.500. The van der Waals surface area contributed by atoms with Gasteiger partial charge in [-0.3, -0.25) is 9.69 Å². The van der Waals surface area contributed by atoms with Crippen LogP contribution < -0.4 is 4.90 Å². The van der Waals surface area contributed by atoms with E-state index in [2.05, 4.69) is 6.07 Å². The minimum absolute atomic E-state index is 0.104. The van der Waals surface area contributed by atoms with E-state index in [1.165, 1.54) is 35.0 Å². The maximum absolute atomic E-state index is 13.3. The van der Waals surface area contributed by atoms with Crippen LogP contribution in [0.25, 0.3) is 0 Å². The van der Waals surface area contributed by atoms with Crippen molar-refractivity contribution in [3.8, 4) is 6.07 Å². The zero-order valence-electron chi connectivity index (χ0n) is 15.1. The van der Waals surface area contributed by atoms with Crippen LogP contribution in [0, 0.1) is 23.1 Å². The Morgan fingerprint density at radius 3 is 2.62 bits per heavy atom. The fourth-order valence-corrected chi connectivity index (χ4v) is 2.91. The monoisotopic (exact) mass is 381 g/mol. The van der Waals surface area contributed by atoms with Crippen LogP contribution >= 0.6 is 11.6 Å². The van der Waals surface area contributed by atoms with Crippen molar-refractivity contribution in [1.82, 2.24) is 4.90 Å². The lowest BCUT2D eigenvalue weighted by Gasteiger charge is -2.30. The Balaban J connectivity index is 2.24. The molecule has 1 saturated heterocycles. The summed E-state index contributed by atoms with van der Waals surface area (Å²) in [7, 11) is 1.51. The summed E-state index contributed by atoms with van der Waals surface area (Å²) in [6, 6.07) is 5.20. The van der Waals surface area contributed by atoms with Gasteiger partial charge in [-0.05, 0) is 45.4 Å². The van der Waals surface area contributed by atoms with Gasteiger partial charge >= 0.3 is 6.09 Å². The Kier molecular flexibility index (Phi) is 5.77. The first-order valence-corrected chi connectivity index (χ1v) is 8.53. The van der Waals surface area contributed by atoms with Gasteiger partial charge in [-0.1, -0.05) is 11.6 Å². The highest BCUT2D eigenvalue weighted by Crippen LogP contribution is 2.29. The zero-order valence-corrected chi connectivity index (χ0v) is 15.9. The molecule has 1 heterocycles. The predicted molar refractivity (Wildman–Crippen MR) is 95.3 cm³/mol. The van der Waals surface area contributed by atoms with Crippen LogP contribution in [0.1, 0.15) is 27.2 Å². The van der Waals surface area contributed by atoms with Gasteiger partial charge in [0, 0.05) is 19.3 Å². The van der Waals surface area contributed by atoms with E-state index >= 15 is 0 Å². The number of anilines is 1. The number of nitrogens with zero attached hydrogens (tertiary/aromatic N) is 3. The third-order valence-electron chi connectivity index (χ3n) is 4.02. The van der Waals surface area contributed by atoms with Gasteiger partial charge in [0.25, 0.3) is 0 Å². The molecule has 1 aromatic carbocycles. The summed E-state index contributed by atoms with van der Waals surface area (Å²) in [4.78, 5) is 27.9. The Morgan fingerprint density at radius 2 is 2.08 bits per heavy atom. The first kappa shape index (κ1) is 20.0. The van der Waals surface area contributed by atoms with Gasteiger partial charge in [0.2, 0.25) is 5.91 Å². The first-order valence-electron chi connectivity index (χ1n) is 8.15. The number of amides is 2. The average Bonchev–Trinajstić information content (AvgIpc) is 2.99. The van der Waals surface area contributed by atoms with Crippen LogP contribution in [0.2, 0.25) is 5.02 Å². The second kappa shape index (κ2) is 7.50. The quantitative estimate of drug-likeness (QED) is 0.784. The molecule has 2 rings (SSSR count). The molecular formula is C18H21ClFN3O3. The number of nitriles is 1. The van der Waals surface area contributed by atoms with Gasteiger partial charge in [0.15, 0.2) is 0 Å². The molecule has 6 nitrogen and oxygen atoms in total. The second-order valence-corrected chi connectivity index (χ2v) is 7.61. The van der Waals surface area contributed by atoms with Crippen molar-refractivity contribution in [1.29, 1.82) is 5.26 Å². The smallest absolute Gasteiger partial charge is 0.411 e. The number of ether oxygens (including phenoxy) is 1. The summed E-state index contributed by atoms with van der Waals surface area (Å²) >= 11 is 5.78. The van der Waals surface area contributed by atoms with Gasteiger partial charge in [-0.25, -0.2) is 9.18 Å². The summed E-state index contributed by atoms with van der Waals surface area (Å²) in [5.41, 5.74) is -0.322. The van der Waals surface area contributed by atoms with E-state index in [4.69, 9.17) is 16.3 Å². The lowest BCUT2D eigenvalue weighted by atomic mass is 10.1. The van der Waals surface area contributed by atoms with E-state index in [0.717, 1.165) is 0 Å². The molecule has 0 radical (unpaired) electrons. The standard InChI is InChI=1S/C18H21ClFN3O3/c1-18(2,3)26-17(25)23-10-11(9-21)7-15(23)16(24)22(4)12-5-6-14(20)13(19)8-12/h5-6,8,11,15H,7,10H2,1-4H3/t11-,15+/m1/s1. The Hall–Kier alpha value is -2.33. The maximum atomic E-state index is 13.3. The Bertz CT molecular complexity index is 757. The largest absolute Gasteiger partial charge is 0.444 e. The molecule has 1 aromatic rings. The van der Waals surface area contributed by atoms with Crippen molar-refractivity contribution in [2.24, 2.45) is 5.92 Å². The van der Waals surface area contributed by atoms with Crippen LogP contribution in [0.4, 0.5) is 14.9 Å². The lowest BCUT2D eigenvalue weighted by Crippen LogP contribution is -2.48. The first-order chi connectivity index (χ1) is 12.0. The van der Waals surface area contributed by atoms with Gasteiger partial charge in [0.05, 0.1) is 17.0 Å². The van der Waals surface area contributed by atoms with Crippen LogP contribution in [0.5, 0.6) is 0 Å². The molecule has 1 aliphatic heterocycles. The van der Waals surface area contributed by atoms with E-state index in [1.807, 2.05) is 0 Å². The van der Waals surface area contributed by atoms with Gasteiger partial charge < -0.3 is 9.64 Å². The summed E-state index contributed by atoms with van der Waals surface area (Å²) in [6.45, 7) is 5.31. The molecule has 0 saturated carbocycles. The highest BCUT2D eigenvalue weighted by Gasteiger charge is 2.42. The summed E-state index contributed by atoms with van der Waals surface area (Å²) < 4.78 is 18.7. The van der Waals surface area contributed by atoms with Gasteiger partial charge in [-0.15, -0.1) is 0 Å². The maximum Gasteiger partial charge on any atom is 0.411 e. The number of likely N-dealkylation sites (tertiary alicyclic amines) is 1. The number of carbonyl (C=O) groups is 2. The molecule has 0 aliphatic carbocycles. The normalized spacial score (nSPS) is 19.8. The lowest BCUT2D eigenvalue weighted by molar-refractivity contribution is -0.122. The topological polar surface area (TPSA) is 73.6 Å². The number of likely N-dealkylation sites (N-methyl/N-ethyl adjacent to an activating group) is 1. The summed E-state index contributed by atoms with van der Waals surface area (Å²) in [5.74, 6) is -1.44. The highest BCUT2D eigenvalue weighted by molar-refractivity contribution is 6.31. The van der Waals surface area contributed by atoms with Crippen LogP contribution in [0.3, 0.4) is 0 Å². The SMILES string of the molecule is CN(C(=O)[C@@H]1C[C@H](C#N)CN1C(=O)OC(C)(C)C)c1ccc(F)c(Cl)c1. The zero-order chi connectivity index (χ0) is 19.6. The van der Waals surface area contributed by atoms with Crippen molar-refractivity contribution >= 4 is 29.3 Å². The number of hydrogen-bond donors (Lipinski definition) is 0. The van der Waals surface area contributed by atoms with E-state index in [9.17, 15) is 19.2 Å². The van der Waals surface area contributed by atoms with Crippen molar-refractivity contribution < 1.29 is 18.7 Å². The number of benzene rings is 1. The van der Waals surface area contributed by atoms with Crippen molar-refractivity contribution in [3.05, 3.63) is 29.0 Å². The van der Waals surface area contributed by atoms with Crippen molar-refractivity contribution in [2.45, 2.75) is 38.8 Å². The molecule has 1 aliphatic rings. The van der Waals surface area contributed by atoms with E-state index < -0.39 is 35.4 Å². The number of rotatable bonds is 2. The van der Waals surface area contributed by atoms with E-state index in [-0.39, 0.29) is 18.0 Å². The third-order valence-corrected chi connectivity index (χ3v) is 4.31. The fourth-order valence-electron chi connectivity index (χ4n) is 2.73. The van der Waals surface area contributed by atoms with E-state index in [1.54, 1.807) is 20.8 Å². The number of halogens is 2. The molecule has 26 heavy (non-hydrogen) atoms. The molecule has 2 atom stereocenters. The van der Waals surface area contributed by atoms with Crippen molar-refractivity contribution in [2.75, 3.05) is 18.5 Å². The van der Waals surface area contributed by atoms with Gasteiger partial charge in [0.1, 0.15) is 17.5 Å². The van der Waals surface area contributed by atoms with E-state index in [0.29, 0.717) is 5.69 Å². The van der Waals surface area contributed by atoms with Crippen LogP contribution in [-0.4, -0.2) is 42.1 Å². The molecule has 0 unspecified atom stereocenters. The van der Waals surface area contributed by atoms with Crippen molar-refractivity contribution in [3.63, 3.8) is 0 Å². The molecule has 0 aromatic heterocycles. The predicted octanol–water partition coefficient (Wildman–Crippen LogP) is 3.59. The minimum atomic E-state index is -0.830. The molecule has 1 fully saturated rings. The van der Waals surface area contributed by atoms with Crippen LogP contribution in [-0.2, 0) is 9.53 Å². The number of hydrogen-bond acceptors (Lipinski definition) is 4. The molecule has 140 valence electrons. The molecule has 0 spiro atoms.